The topological polar surface area (TPSA) is 26.3 Å². The van der Waals surface area contributed by atoms with Crippen molar-refractivity contribution in [2.45, 2.75) is 25.7 Å². The van der Waals surface area contributed by atoms with Crippen LogP contribution in [0.1, 0.15) is 31.2 Å². The maximum absolute atomic E-state index is 11.7. The smallest absolute Gasteiger partial charge is 0.312 e. The van der Waals surface area contributed by atoms with Gasteiger partial charge in [0.15, 0.2) is 0 Å². The number of esters is 1. The summed E-state index contributed by atoms with van der Waals surface area (Å²) in [6, 6.07) is 10.4. The Morgan fingerprint density at radius 1 is 1.35 bits per heavy atom. The van der Waals surface area contributed by atoms with Crippen LogP contribution in [0.3, 0.4) is 0 Å². The lowest BCUT2D eigenvalue weighted by molar-refractivity contribution is -0.146. The molecule has 0 spiro atoms. The molecule has 0 bridgehead atoms. The second kappa shape index (κ2) is 5.67. The van der Waals surface area contributed by atoms with Gasteiger partial charge in [-0.2, -0.15) is 0 Å². The molecule has 0 amide bonds. The first-order chi connectivity index (χ1) is 8.31. The third kappa shape index (κ3) is 2.96. The molecule has 0 fully saturated rings. The Morgan fingerprint density at radius 2 is 2.12 bits per heavy atom. The van der Waals surface area contributed by atoms with E-state index in [-0.39, 0.29) is 11.9 Å². The van der Waals surface area contributed by atoms with E-state index >= 15 is 0 Å². The summed E-state index contributed by atoms with van der Waals surface area (Å²) >= 11 is 0. The van der Waals surface area contributed by atoms with E-state index in [0.29, 0.717) is 12.5 Å². The molecule has 2 atom stereocenters. The van der Waals surface area contributed by atoms with Crippen LogP contribution in [0.4, 0.5) is 0 Å². The van der Waals surface area contributed by atoms with Gasteiger partial charge in [-0.1, -0.05) is 42.5 Å². The Labute approximate surface area is 102 Å². The van der Waals surface area contributed by atoms with Crippen molar-refractivity contribution in [1.29, 1.82) is 0 Å². The average Bonchev–Trinajstić information content (AvgIpc) is 2.40. The molecule has 1 aromatic carbocycles. The lowest BCUT2D eigenvalue weighted by Gasteiger charge is -2.23. The van der Waals surface area contributed by atoms with Gasteiger partial charge < -0.3 is 4.74 Å². The monoisotopic (exact) mass is 230 g/mol. The quantitative estimate of drug-likeness (QED) is 0.588. The fraction of sp³-hybridized carbons (Fsp3) is 0.400. The van der Waals surface area contributed by atoms with E-state index in [1.165, 1.54) is 5.56 Å². The number of carbonyl (C=O) groups excluding carboxylic acids is 1. The summed E-state index contributed by atoms with van der Waals surface area (Å²) in [6.45, 7) is 2.30. The zero-order valence-corrected chi connectivity index (χ0v) is 10.1. The Kier molecular flexibility index (Phi) is 3.97. The highest BCUT2D eigenvalue weighted by atomic mass is 16.5. The van der Waals surface area contributed by atoms with Crippen LogP contribution in [0.25, 0.3) is 0 Å². The standard InChI is InChI=1S/C15H18O2/c1-2-17-15(16)14-10-6-9-13(11-14)12-7-4-3-5-8-12/h3-8,10,13-14H,2,9,11H2,1H3/t13-,14+/m0/s1. The first kappa shape index (κ1) is 11.9. The predicted molar refractivity (Wildman–Crippen MR) is 67.7 cm³/mol. The summed E-state index contributed by atoms with van der Waals surface area (Å²) in [6.07, 6.45) is 5.96. The van der Waals surface area contributed by atoms with Crippen LogP contribution >= 0.6 is 0 Å². The lowest BCUT2D eigenvalue weighted by Crippen LogP contribution is -2.20. The first-order valence-corrected chi connectivity index (χ1v) is 6.19. The molecule has 0 aliphatic heterocycles. The fourth-order valence-electron chi connectivity index (χ4n) is 2.31. The molecule has 1 aliphatic carbocycles. The molecule has 1 aliphatic rings. The molecule has 17 heavy (non-hydrogen) atoms. The second-order valence-electron chi connectivity index (χ2n) is 4.37. The van der Waals surface area contributed by atoms with E-state index in [1.54, 1.807) is 0 Å². The van der Waals surface area contributed by atoms with Crippen LogP contribution in [-0.2, 0) is 9.53 Å². The van der Waals surface area contributed by atoms with Gasteiger partial charge in [0.25, 0.3) is 0 Å². The average molecular weight is 230 g/mol. The molecule has 0 radical (unpaired) electrons. The summed E-state index contributed by atoms with van der Waals surface area (Å²) in [4.78, 5) is 11.7. The molecule has 0 saturated carbocycles. The number of hydrogen-bond acceptors (Lipinski definition) is 2. The molecule has 1 aromatic rings. The predicted octanol–water partition coefficient (Wildman–Crippen LogP) is 3.30. The van der Waals surface area contributed by atoms with Gasteiger partial charge >= 0.3 is 5.97 Å². The van der Waals surface area contributed by atoms with Crippen LogP contribution in [0.5, 0.6) is 0 Å². The minimum atomic E-state index is -0.0932. The minimum absolute atomic E-state index is 0.0751. The van der Waals surface area contributed by atoms with Crippen molar-refractivity contribution in [3.8, 4) is 0 Å². The molecule has 0 aromatic heterocycles. The number of rotatable bonds is 3. The highest BCUT2D eigenvalue weighted by Crippen LogP contribution is 2.32. The number of benzene rings is 1. The molecule has 0 N–H and O–H groups in total. The van der Waals surface area contributed by atoms with Gasteiger partial charge in [-0.05, 0) is 31.2 Å². The third-order valence-electron chi connectivity index (χ3n) is 3.19. The van der Waals surface area contributed by atoms with Crippen LogP contribution in [-0.4, -0.2) is 12.6 Å². The highest BCUT2D eigenvalue weighted by molar-refractivity contribution is 5.74. The molecular weight excluding hydrogens is 212 g/mol. The second-order valence-corrected chi connectivity index (χ2v) is 4.37. The third-order valence-corrected chi connectivity index (χ3v) is 3.19. The van der Waals surface area contributed by atoms with Crippen LogP contribution in [0, 0.1) is 5.92 Å². The maximum Gasteiger partial charge on any atom is 0.312 e. The fourth-order valence-corrected chi connectivity index (χ4v) is 2.31. The van der Waals surface area contributed by atoms with Crippen molar-refractivity contribution >= 4 is 5.97 Å². The normalized spacial score (nSPS) is 23.4. The Balaban J connectivity index is 2.05. The van der Waals surface area contributed by atoms with E-state index < -0.39 is 0 Å². The van der Waals surface area contributed by atoms with Crippen molar-refractivity contribution in [2.24, 2.45) is 5.92 Å². The Hall–Kier alpha value is -1.57. The van der Waals surface area contributed by atoms with Gasteiger partial charge in [-0.25, -0.2) is 0 Å². The van der Waals surface area contributed by atoms with Gasteiger partial charge in [-0.3, -0.25) is 4.79 Å². The molecule has 2 rings (SSSR count). The maximum atomic E-state index is 11.7. The van der Waals surface area contributed by atoms with Gasteiger partial charge in [0.2, 0.25) is 0 Å². The van der Waals surface area contributed by atoms with E-state index in [1.807, 2.05) is 31.2 Å². The van der Waals surface area contributed by atoms with Gasteiger partial charge in [-0.15, -0.1) is 0 Å². The van der Waals surface area contributed by atoms with Crippen LogP contribution in [0.2, 0.25) is 0 Å². The molecule has 2 heteroatoms. The molecule has 0 unspecified atom stereocenters. The summed E-state index contributed by atoms with van der Waals surface area (Å²) in [5.41, 5.74) is 1.31. The van der Waals surface area contributed by atoms with Gasteiger partial charge in [0, 0.05) is 0 Å². The van der Waals surface area contributed by atoms with Gasteiger partial charge in [0.1, 0.15) is 0 Å². The van der Waals surface area contributed by atoms with Crippen molar-refractivity contribution in [3.05, 3.63) is 48.0 Å². The Morgan fingerprint density at radius 3 is 2.82 bits per heavy atom. The number of carbonyl (C=O) groups is 1. The summed E-state index contributed by atoms with van der Waals surface area (Å²) in [5.74, 6) is 0.272. The van der Waals surface area contributed by atoms with E-state index in [0.717, 1.165) is 12.8 Å². The van der Waals surface area contributed by atoms with E-state index in [4.69, 9.17) is 4.74 Å². The summed E-state index contributed by atoms with van der Waals surface area (Å²) in [7, 11) is 0. The zero-order chi connectivity index (χ0) is 12.1. The van der Waals surface area contributed by atoms with Crippen molar-refractivity contribution < 1.29 is 9.53 Å². The lowest BCUT2D eigenvalue weighted by atomic mass is 9.82. The summed E-state index contributed by atoms with van der Waals surface area (Å²) < 4.78 is 5.08. The number of ether oxygens (including phenoxy) is 1. The highest BCUT2D eigenvalue weighted by Gasteiger charge is 2.25. The minimum Gasteiger partial charge on any atom is -0.466 e. The SMILES string of the molecule is CCOC(=O)[C@@H]1C=CC[C@H](c2ccccc2)C1. The molecule has 0 saturated heterocycles. The van der Waals surface area contributed by atoms with E-state index in [9.17, 15) is 4.79 Å². The first-order valence-electron chi connectivity index (χ1n) is 6.19. The molecule has 0 heterocycles. The van der Waals surface area contributed by atoms with Crippen LogP contribution < -0.4 is 0 Å². The number of hydrogen-bond donors (Lipinski definition) is 0. The van der Waals surface area contributed by atoms with E-state index in [2.05, 4.69) is 18.2 Å². The molecule has 90 valence electrons. The zero-order valence-electron chi connectivity index (χ0n) is 10.1. The van der Waals surface area contributed by atoms with Crippen molar-refractivity contribution in [2.75, 3.05) is 6.61 Å². The van der Waals surface area contributed by atoms with Crippen LogP contribution in [0.15, 0.2) is 42.5 Å². The summed E-state index contributed by atoms with van der Waals surface area (Å²) in [5, 5.41) is 0. The number of allylic oxidation sites excluding steroid dienone is 1. The molecular formula is C15H18O2. The largest absolute Gasteiger partial charge is 0.466 e. The Bertz CT molecular complexity index is 395. The van der Waals surface area contributed by atoms with Crippen molar-refractivity contribution in [1.82, 2.24) is 0 Å². The van der Waals surface area contributed by atoms with Crippen molar-refractivity contribution in [3.63, 3.8) is 0 Å². The molecule has 2 nitrogen and oxygen atoms in total. The van der Waals surface area contributed by atoms with Gasteiger partial charge in [0.05, 0.1) is 12.5 Å².